The first-order valence-electron chi connectivity index (χ1n) is 27.9. The van der Waals surface area contributed by atoms with Crippen molar-refractivity contribution in [2.45, 2.75) is 56.7 Å². The van der Waals surface area contributed by atoms with E-state index in [-0.39, 0.29) is 35.8 Å². The molecule has 7 aromatic carbocycles. The summed E-state index contributed by atoms with van der Waals surface area (Å²) in [6, 6.07) is 51.5. The largest absolute Gasteiger partial charge is 0.436 e. The van der Waals surface area contributed by atoms with E-state index in [1.807, 2.05) is 146 Å². The molecule has 0 radical (unpaired) electrons. The third-order valence-corrected chi connectivity index (χ3v) is 14.8. The Morgan fingerprint density at radius 2 is 0.679 bits per heavy atom. The van der Waals surface area contributed by atoms with E-state index in [2.05, 4.69) is 81.0 Å². The fourth-order valence-electron chi connectivity index (χ4n) is 10.5. The number of rotatable bonds is 18. The average molecular weight is 1120 g/mol. The molecule has 0 spiro atoms. The Bertz CT molecular complexity index is 3560. The first-order valence-corrected chi connectivity index (χ1v) is 27.9. The number of benzene rings is 7. The van der Waals surface area contributed by atoms with Crippen molar-refractivity contribution in [3.63, 3.8) is 0 Å². The summed E-state index contributed by atoms with van der Waals surface area (Å²) in [5.74, 6) is 2.46. The zero-order valence-corrected chi connectivity index (χ0v) is 45.4. The van der Waals surface area contributed by atoms with Crippen LogP contribution in [0.1, 0.15) is 38.5 Å². The van der Waals surface area contributed by atoms with Crippen molar-refractivity contribution in [1.82, 2.24) is 60.9 Å². The van der Waals surface area contributed by atoms with Gasteiger partial charge < -0.3 is 46.1 Å². The number of nitrogens with one attached hydrogen (secondary N) is 6. The van der Waals surface area contributed by atoms with E-state index in [1.165, 1.54) is 0 Å². The van der Waals surface area contributed by atoms with Crippen LogP contribution in [0.15, 0.2) is 182 Å². The van der Waals surface area contributed by atoms with Crippen molar-refractivity contribution in [3.05, 3.63) is 182 Å². The summed E-state index contributed by atoms with van der Waals surface area (Å²) in [4.78, 5) is 38.3. The van der Waals surface area contributed by atoms with E-state index in [4.69, 9.17) is 14.2 Å². The van der Waals surface area contributed by atoms with Crippen molar-refractivity contribution >= 4 is 34.8 Å². The van der Waals surface area contributed by atoms with Gasteiger partial charge >= 0.3 is 0 Å². The third-order valence-electron chi connectivity index (χ3n) is 14.8. The quantitative estimate of drug-likeness (QED) is 0.0468. The van der Waals surface area contributed by atoms with Gasteiger partial charge in [-0.05, 0) is 201 Å². The number of carbonyl (C=O) groups is 3. The fraction of sp³-hybridized carbons (Fsp3) is 0.190. The highest BCUT2D eigenvalue weighted by molar-refractivity contribution is 5.96. The van der Waals surface area contributed by atoms with Gasteiger partial charge in [0.05, 0.1) is 53.8 Å². The highest BCUT2D eigenvalue weighted by Gasteiger charge is 2.25. The van der Waals surface area contributed by atoms with Crippen LogP contribution in [-0.4, -0.2) is 100 Å². The Hall–Kier alpha value is -10.3. The smallest absolute Gasteiger partial charge is 0.259 e. The van der Waals surface area contributed by atoms with Gasteiger partial charge in [0.2, 0.25) is 17.7 Å². The molecule has 3 saturated heterocycles. The lowest BCUT2D eigenvalue weighted by molar-refractivity contribution is -0.118. The highest BCUT2D eigenvalue weighted by Crippen LogP contribution is 2.36. The van der Waals surface area contributed by atoms with Gasteiger partial charge in [-0.2, -0.15) is 0 Å². The van der Waals surface area contributed by atoms with E-state index >= 15 is 0 Å². The van der Waals surface area contributed by atoms with E-state index in [0.717, 1.165) is 109 Å². The number of hydrogen-bond acceptors (Lipinski definition) is 15. The molecule has 3 atom stereocenters. The summed E-state index contributed by atoms with van der Waals surface area (Å²) in [6.07, 6.45) is 10.5. The number of amides is 3. The van der Waals surface area contributed by atoms with Crippen LogP contribution >= 0.6 is 0 Å². The lowest BCUT2D eigenvalue weighted by atomic mass is 9.93. The summed E-state index contributed by atoms with van der Waals surface area (Å²) in [7, 11) is 0. The number of nitrogens with zero attached hydrogens (tertiary/aromatic N) is 9. The second kappa shape index (κ2) is 24.0. The van der Waals surface area contributed by atoms with Crippen LogP contribution in [0, 0.1) is 0 Å². The summed E-state index contributed by atoms with van der Waals surface area (Å²) in [5, 5.41) is 44.4. The minimum Gasteiger partial charge on any atom is -0.436 e. The van der Waals surface area contributed by atoms with Crippen molar-refractivity contribution in [2.75, 3.05) is 35.6 Å². The summed E-state index contributed by atoms with van der Waals surface area (Å²) in [5.41, 5.74) is 9.88. The van der Waals surface area contributed by atoms with Gasteiger partial charge in [0.1, 0.15) is 17.2 Å². The third kappa shape index (κ3) is 12.4. The minimum atomic E-state index is -0.195. The van der Waals surface area contributed by atoms with Crippen molar-refractivity contribution < 1.29 is 28.6 Å². The molecule has 21 heteroatoms. The number of carbonyl (C=O) groups excluding carboxylic acids is 3. The maximum atomic E-state index is 12.8. The summed E-state index contributed by atoms with van der Waals surface area (Å²) in [6.45, 7) is 2.51. The molecule has 3 aliphatic rings. The minimum absolute atomic E-state index is 0.0561. The molecule has 3 amide bonds. The van der Waals surface area contributed by atoms with Gasteiger partial charge in [0, 0.05) is 17.1 Å². The Kier molecular flexibility index (Phi) is 15.1. The molecule has 13 rings (SSSR count). The molecule has 420 valence electrons. The lowest BCUT2D eigenvalue weighted by Gasteiger charge is -2.13. The van der Waals surface area contributed by atoms with Crippen molar-refractivity contribution in [2.24, 2.45) is 0 Å². The molecule has 21 nitrogen and oxygen atoms in total. The van der Waals surface area contributed by atoms with E-state index in [1.54, 1.807) is 32.6 Å². The van der Waals surface area contributed by atoms with Crippen LogP contribution in [0.25, 0.3) is 50.4 Å². The first kappa shape index (κ1) is 53.0. The fourth-order valence-corrected chi connectivity index (χ4v) is 10.5. The van der Waals surface area contributed by atoms with Crippen LogP contribution in [0.3, 0.4) is 0 Å². The van der Waals surface area contributed by atoms with E-state index in [0.29, 0.717) is 52.0 Å². The van der Waals surface area contributed by atoms with Gasteiger partial charge in [-0.25, -0.2) is 14.0 Å². The highest BCUT2D eigenvalue weighted by atomic mass is 16.5. The molecule has 6 N–H and O–H groups in total. The topological polar surface area (TPSA) is 243 Å². The van der Waals surface area contributed by atoms with E-state index in [9.17, 15) is 14.4 Å². The Morgan fingerprint density at radius 3 is 0.952 bits per heavy atom. The van der Waals surface area contributed by atoms with Crippen LogP contribution in [0.2, 0.25) is 0 Å². The molecule has 0 aliphatic carbocycles. The van der Waals surface area contributed by atoms with Crippen LogP contribution in [0.5, 0.6) is 34.9 Å². The number of anilines is 3. The van der Waals surface area contributed by atoms with Gasteiger partial charge in [-0.3, -0.25) is 14.4 Å². The number of aromatic nitrogens is 9. The van der Waals surface area contributed by atoms with Crippen molar-refractivity contribution in [3.8, 4) is 85.3 Å². The molecule has 3 aromatic heterocycles. The molecule has 3 fully saturated rings. The Labute approximate surface area is 482 Å². The first-order chi connectivity index (χ1) is 41.2. The standard InChI is InChI=1S/C63H57N15O6/c79-61(55-13-4-28-64-55)67-46-7-1-10-49(34-46)76-37-58(70-73-76)82-52-22-16-40(17-23-52)43-31-44(41-18-24-53(25-19-41)83-59-38-77(74-71-59)50-11-2-8-47(35-50)68-62(80)56-14-5-29-65-56)33-45(32-43)42-20-26-54(27-21-42)84-60-39-78(75-72-60)51-12-3-9-48(36-51)69-63(81)57-15-6-30-66-57/h1-3,7-12,16-27,31-39,55-57,64-66H,4-6,13-15,28-30H2,(H,67,79)(H,68,80)(H,69,81)/t55-,56-,57-/m0/s1. The lowest BCUT2D eigenvalue weighted by Crippen LogP contribution is -2.35. The zero-order chi connectivity index (χ0) is 56.8. The molecular formula is C63H57N15O6. The van der Waals surface area contributed by atoms with Crippen molar-refractivity contribution in [1.29, 1.82) is 0 Å². The molecule has 0 bridgehead atoms. The summed E-state index contributed by atoms with van der Waals surface area (Å²) < 4.78 is 23.4. The number of hydrogen-bond donors (Lipinski definition) is 6. The zero-order valence-electron chi connectivity index (χ0n) is 45.4. The average Bonchev–Trinajstić information content (AvgIpc) is 4.42. The second-order valence-corrected chi connectivity index (χ2v) is 20.7. The summed E-state index contributed by atoms with van der Waals surface area (Å²) >= 11 is 0. The predicted octanol–water partition coefficient (Wildman–Crippen LogP) is 9.88. The molecule has 0 saturated carbocycles. The van der Waals surface area contributed by atoms with Crippen LogP contribution in [0.4, 0.5) is 17.1 Å². The Morgan fingerprint density at radius 1 is 0.381 bits per heavy atom. The van der Waals surface area contributed by atoms with E-state index < -0.39 is 0 Å². The van der Waals surface area contributed by atoms with Crippen LogP contribution in [-0.2, 0) is 14.4 Å². The SMILES string of the molecule is O=C(Nc1cccc(-n2cc(Oc3ccc(-c4cc(-c5ccc(Oc6cn(-c7cccc(NC(=O)[C@@H]8CCCN8)c7)nn6)cc5)cc(-c5ccc(Oc6cn(-c7cccc(NC(=O)[C@@H]8CCCN8)c7)nn6)cc5)c4)cc3)nn2)c1)[C@@H]1CCCN1. The molecule has 10 aromatic rings. The number of ether oxygens (including phenoxy) is 3. The molecule has 84 heavy (non-hydrogen) atoms. The van der Waals surface area contributed by atoms with Gasteiger partial charge in [-0.15, -0.1) is 0 Å². The molecule has 3 aliphatic heterocycles. The van der Waals surface area contributed by atoms with Gasteiger partial charge in [0.25, 0.3) is 17.6 Å². The van der Waals surface area contributed by atoms with Gasteiger partial charge in [0.15, 0.2) is 0 Å². The maximum absolute atomic E-state index is 12.8. The molecule has 6 heterocycles. The molecular weight excluding hydrogens is 1060 g/mol. The van der Waals surface area contributed by atoms with Crippen LogP contribution < -0.4 is 46.1 Å². The second-order valence-electron chi connectivity index (χ2n) is 20.7. The maximum Gasteiger partial charge on any atom is 0.259 e. The predicted molar refractivity (Wildman–Crippen MR) is 316 cm³/mol. The monoisotopic (exact) mass is 1120 g/mol. The van der Waals surface area contributed by atoms with Gasteiger partial charge in [-0.1, -0.05) is 85.5 Å². The Balaban J connectivity index is 0.720. The normalized spacial score (nSPS) is 16.5. The molecule has 0 unspecified atom stereocenters.